The van der Waals surface area contributed by atoms with E-state index in [0.717, 1.165) is 37.7 Å². The first-order valence-electron chi connectivity index (χ1n) is 11.6. The maximum atomic E-state index is 11.7. The van der Waals surface area contributed by atoms with E-state index in [0.29, 0.717) is 0 Å². The van der Waals surface area contributed by atoms with Crippen LogP contribution in [0.25, 0.3) is 0 Å². The summed E-state index contributed by atoms with van der Waals surface area (Å²) in [4.78, 5) is 0.0989. The normalized spacial score (nSPS) is 11.4. The average molecular weight is 428 g/mol. The summed E-state index contributed by atoms with van der Waals surface area (Å²) in [5, 5.41) is 0. The summed E-state index contributed by atoms with van der Waals surface area (Å²) in [6, 6.07) is 5.48. The first-order valence-corrected chi connectivity index (χ1v) is 13.0. The van der Waals surface area contributed by atoms with Crippen LogP contribution in [0.15, 0.2) is 23.1 Å². The second kappa shape index (κ2) is 16.8. The lowest BCUT2D eigenvalue weighted by atomic mass is 9.99. The number of benzene rings is 1. The first-order chi connectivity index (χ1) is 13.5. The maximum absolute atomic E-state index is 11.7. The Morgan fingerprint density at radius 3 is 1.62 bits per heavy atom. The van der Waals surface area contributed by atoms with E-state index in [9.17, 15) is 13.0 Å². The number of rotatable bonds is 17. The van der Waals surface area contributed by atoms with Crippen LogP contribution < -0.4 is 6.15 Å². The molecule has 5 heteroatoms. The Kier molecular flexibility index (Phi) is 16.3. The minimum atomic E-state index is -4.14. The number of aryl methyl sites for hydroxylation is 2. The first kappa shape index (κ1) is 28.1. The summed E-state index contributed by atoms with van der Waals surface area (Å²) in [6.45, 7) is 4.45. The van der Waals surface area contributed by atoms with Crippen molar-refractivity contribution in [1.82, 2.24) is 6.15 Å². The van der Waals surface area contributed by atoms with Crippen molar-refractivity contribution in [3.63, 3.8) is 0 Å². The van der Waals surface area contributed by atoms with Crippen molar-refractivity contribution in [3.05, 3.63) is 29.3 Å². The Morgan fingerprint density at radius 2 is 1.14 bits per heavy atom. The molecule has 0 amide bonds. The predicted octanol–water partition coefficient (Wildman–Crippen LogP) is 7.68. The van der Waals surface area contributed by atoms with E-state index < -0.39 is 10.1 Å². The lowest BCUT2D eigenvalue weighted by molar-refractivity contribution is 0.481. The van der Waals surface area contributed by atoms with E-state index >= 15 is 0 Å². The molecule has 0 spiro atoms. The molecule has 1 aromatic carbocycles. The molecule has 0 saturated heterocycles. The van der Waals surface area contributed by atoms with Gasteiger partial charge < -0.3 is 6.15 Å². The topological polar surface area (TPSA) is 89.4 Å². The summed E-state index contributed by atoms with van der Waals surface area (Å²) in [7, 11) is -4.14. The highest BCUT2D eigenvalue weighted by Crippen LogP contribution is 2.22. The third kappa shape index (κ3) is 13.1. The molecular weight excluding hydrogens is 382 g/mol. The van der Waals surface area contributed by atoms with Crippen molar-refractivity contribution < 1.29 is 13.0 Å². The van der Waals surface area contributed by atoms with Gasteiger partial charge in [0.05, 0.1) is 4.90 Å². The van der Waals surface area contributed by atoms with Crippen molar-refractivity contribution >= 4 is 10.1 Å². The van der Waals surface area contributed by atoms with Gasteiger partial charge in [0.1, 0.15) is 0 Å². The molecule has 0 aromatic heterocycles. The van der Waals surface area contributed by atoms with E-state index in [-0.39, 0.29) is 11.0 Å². The Hall–Kier alpha value is -0.910. The summed E-state index contributed by atoms with van der Waals surface area (Å²) >= 11 is 0. The fourth-order valence-electron chi connectivity index (χ4n) is 3.79. The zero-order chi connectivity index (χ0) is 20.7. The van der Waals surface area contributed by atoms with Gasteiger partial charge in [-0.1, -0.05) is 103 Å². The molecule has 0 aliphatic heterocycles. The van der Waals surface area contributed by atoms with Gasteiger partial charge in [-0.3, -0.25) is 4.55 Å². The van der Waals surface area contributed by atoms with Gasteiger partial charge in [-0.25, -0.2) is 0 Å². The van der Waals surface area contributed by atoms with Gasteiger partial charge in [-0.15, -0.1) is 0 Å². The van der Waals surface area contributed by atoms with Crippen molar-refractivity contribution in [3.8, 4) is 0 Å². The molecule has 0 saturated carbocycles. The van der Waals surface area contributed by atoms with Gasteiger partial charge in [0.25, 0.3) is 10.1 Å². The zero-order valence-electron chi connectivity index (χ0n) is 18.9. The standard InChI is InChI=1S/C24H42O3S.H3N/c1-3-5-7-9-11-13-15-17-22-19-20-24(28(25,26)27)23(21-22)18-16-14-12-10-8-6-4-2;/h19-21H,3-18H2,1-2H3,(H,25,26,27);1H3. The second-order valence-corrected chi connectivity index (χ2v) is 9.55. The summed E-state index contributed by atoms with van der Waals surface area (Å²) < 4.78 is 33.0. The number of unbranched alkanes of at least 4 members (excludes halogenated alkanes) is 12. The monoisotopic (exact) mass is 427 g/mol. The molecule has 0 unspecified atom stereocenters. The van der Waals surface area contributed by atoms with Crippen molar-refractivity contribution in [2.24, 2.45) is 0 Å². The van der Waals surface area contributed by atoms with Crippen LogP contribution in [0.4, 0.5) is 0 Å². The summed E-state index contributed by atoms with van der Waals surface area (Å²) in [5.74, 6) is 0. The molecular formula is C24H45NO3S. The second-order valence-electron chi connectivity index (χ2n) is 8.16. The molecule has 0 fully saturated rings. The predicted molar refractivity (Wildman–Crippen MR) is 125 cm³/mol. The van der Waals surface area contributed by atoms with Gasteiger partial charge in [0.15, 0.2) is 0 Å². The highest BCUT2D eigenvalue weighted by atomic mass is 32.2. The molecule has 4 nitrogen and oxygen atoms in total. The number of hydrogen-bond donors (Lipinski definition) is 2. The van der Waals surface area contributed by atoms with E-state index in [4.69, 9.17) is 0 Å². The Bertz CT molecular complexity index is 629. The van der Waals surface area contributed by atoms with Gasteiger partial charge >= 0.3 is 0 Å². The minimum absolute atomic E-state index is 0. The van der Waals surface area contributed by atoms with Crippen LogP contribution >= 0.6 is 0 Å². The molecule has 1 aromatic rings. The van der Waals surface area contributed by atoms with Gasteiger partial charge in [0, 0.05) is 0 Å². The summed E-state index contributed by atoms with van der Waals surface area (Å²) in [6.07, 6.45) is 19.1. The van der Waals surface area contributed by atoms with Gasteiger partial charge in [0.2, 0.25) is 0 Å². The van der Waals surface area contributed by atoms with Gasteiger partial charge in [-0.2, -0.15) is 8.42 Å². The highest BCUT2D eigenvalue weighted by Gasteiger charge is 2.15. The molecule has 0 radical (unpaired) electrons. The number of hydrogen-bond acceptors (Lipinski definition) is 3. The molecule has 170 valence electrons. The zero-order valence-corrected chi connectivity index (χ0v) is 19.7. The maximum Gasteiger partial charge on any atom is 0.294 e. The molecule has 29 heavy (non-hydrogen) atoms. The molecule has 0 bridgehead atoms. The Labute approximate surface area is 180 Å². The molecule has 0 heterocycles. The van der Waals surface area contributed by atoms with Crippen molar-refractivity contribution in [2.45, 2.75) is 121 Å². The Morgan fingerprint density at radius 1 is 0.690 bits per heavy atom. The van der Waals surface area contributed by atoms with Crippen LogP contribution in [0.1, 0.15) is 115 Å². The van der Waals surface area contributed by atoms with E-state index in [1.165, 1.54) is 76.2 Å². The Balaban J connectivity index is 0.00000784. The van der Waals surface area contributed by atoms with Crippen LogP contribution in [0.3, 0.4) is 0 Å². The van der Waals surface area contributed by atoms with Crippen LogP contribution in [-0.4, -0.2) is 13.0 Å². The van der Waals surface area contributed by atoms with Crippen LogP contribution in [0.5, 0.6) is 0 Å². The highest BCUT2D eigenvalue weighted by molar-refractivity contribution is 7.85. The van der Waals surface area contributed by atoms with Gasteiger partial charge in [-0.05, 0) is 42.9 Å². The molecule has 0 aliphatic carbocycles. The van der Waals surface area contributed by atoms with Crippen molar-refractivity contribution in [1.29, 1.82) is 0 Å². The van der Waals surface area contributed by atoms with Crippen molar-refractivity contribution in [2.75, 3.05) is 0 Å². The lowest BCUT2D eigenvalue weighted by Crippen LogP contribution is -2.04. The largest absolute Gasteiger partial charge is 0.344 e. The van der Waals surface area contributed by atoms with E-state index in [1.807, 2.05) is 12.1 Å². The SMILES string of the molecule is CCCCCCCCCc1ccc(S(=O)(=O)O)c(CCCCCCCCC)c1.N. The third-order valence-electron chi connectivity index (χ3n) is 5.52. The van der Waals surface area contributed by atoms with E-state index in [1.54, 1.807) is 6.07 Å². The van der Waals surface area contributed by atoms with Crippen LogP contribution in [0.2, 0.25) is 0 Å². The smallest absolute Gasteiger partial charge is 0.294 e. The lowest BCUT2D eigenvalue weighted by Gasteiger charge is -2.10. The third-order valence-corrected chi connectivity index (χ3v) is 6.48. The van der Waals surface area contributed by atoms with Crippen LogP contribution in [-0.2, 0) is 23.0 Å². The molecule has 0 atom stereocenters. The molecule has 1 rings (SSSR count). The fraction of sp³-hybridized carbons (Fsp3) is 0.750. The molecule has 4 N–H and O–H groups in total. The fourth-order valence-corrected chi connectivity index (χ4v) is 4.53. The van der Waals surface area contributed by atoms with Crippen LogP contribution in [0, 0.1) is 0 Å². The summed E-state index contributed by atoms with van der Waals surface area (Å²) in [5.41, 5.74) is 1.98. The minimum Gasteiger partial charge on any atom is -0.344 e. The quantitative estimate of drug-likeness (QED) is 0.197. The average Bonchev–Trinajstić information content (AvgIpc) is 2.66. The molecule has 0 aliphatic rings. The van der Waals surface area contributed by atoms with E-state index in [2.05, 4.69) is 13.8 Å².